The van der Waals surface area contributed by atoms with Gasteiger partial charge in [0.2, 0.25) is 5.91 Å². The van der Waals surface area contributed by atoms with Crippen molar-refractivity contribution in [2.75, 3.05) is 18.0 Å². The molecule has 5 rings (SSSR count). The van der Waals surface area contributed by atoms with Crippen LogP contribution in [-0.2, 0) is 11.3 Å². The number of rotatable bonds is 5. The molecule has 1 saturated heterocycles. The molecule has 0 bridgehead atoms. The van der Waals surface area contributed by atoms with Crippen molar-refractivity contribution in [1.82, 2.24) is 19.9 Å². The van der Waals surface area contributed by atoms with Gasteiger partial charge in [0.25, 0.3) is 0 Å². The minimum Gasteiger partial charge on any atom is -0.354 e. The van der Waals surface area contributed by atoms with Crippen molar-refractivity contribution in [3.8, 4) is 11.3 Å². The van der Waals surface area contributed by atoms with Crippen molar-refractivity contribution >= 4 is 28.8 Å². The van der Waals surface area contributed by atoms with Gasteiger partial charge in [0.05, 0.1) is 11.6 Å². The summed E-state index contributed by atoms with van der Waals surface area (Å²) in [6, 6.07) is 12.7. The molecule has 1 fully saturated rings. The van der Waals surface area contributed by atoms with Gasteiger partial charge in [0.15, 0.2) is 5.82 Å². The summed E-state index contributed by atoms with van der Waals surface area (Å²) in [7, 11) is 0. The van der Waals surface area contributed by atoms with Crippen LogP contribution in [0.1, 0.15) is 18.4 Å². The van der Waals surface area contributed by atoms with E-state index in [9.17, 15) is 13.6 Å². The van der Waals surface area contributed by atoms with Gasteiger partial charge >= 0.3 is 0 Å². The summed E-state index contributed by atoms with van der Waals surface area (Å²) in [4.78, 5) is 19.5. The minimum atomic E-state index is -0.662. The Morgan fingerprint density at radius 1 is 1.15 bits per heavy atom. The van der Waals surface area contributed by atoms with E-state index in [1.807, 2.05) is 30.3 Å². The Bertz CT molecular complexity index is 1340. The molecule has 4 aromatic rings. The van der Waals surface area contributed by atoms with Crippen LogP contribution >= 0.6 is 11.6 Å². The predicted molar refractivity (Wildman–Crippen MR) is 127 cm³/mol. The van der Waals surface area contributed by atoms with Crippen LogP contribution in [0.4, 0.5) is 14.6 Å². The van der Waals surface area contributed by atoms with Gasteiger partial charge in [-0.1, -0.05) is 23.7 Å². The number of halogens is 3. The molecule has 6 nitrogen and oxygen atoms in total. The number of aromatic nitrogens is 3. The van der Waals surface area contributed by atoms with Gasteiger partial charge in [-0.2, -0.15) is 5.10 Å². The minimum absolute atomic E-state index is 0.0729. The average Bonchev–Trinajstić information content (AvgIpc) is 3.27. The smallest absolute Gasteiger partial charge is 0.225 e. The maximum Gasteiger partial charge on any atom is 0.225 e. The fourth-order valence-electron chi connectivity index (χ4n) is 4.37. The fraction of sp³-hybridized carbons (Fsp3) is 0.240. The number of anilines is 1. The average molecular weight is 482 g/mol. The first-order chi connectivity index (χ1) is 16.5. The molecule has 0 aliphatic carbocycles. The zero-order valence-corrected chi connectivity index (χ0v) is 19.0. The summed E-state index contributed by atoms with van der Waals surface area (Å²) in [5.41, 5.74) is 2.92. The van der Waals surface area contributed by atoms with Crippen molar-refractivity contribution < 1.29 is 13.6 Å². The van der Waals surface area contributed by atoms with Gasteiger partial charge in [0, 0.05) is 48.7 Å². The lowest BCUT2D eigenvalue weighted by Crippen LogP contribution is -2.43. The second kappa shape index (κ2) is 9.38. The molecule has 2 aromatic heterocycles. The summed E-state index contributed by atoms with van der Waals surface area (Å²) in [5.74, 6) is -0.970. The van der Waals surface area contributed by atoms with E-state index in [-0.39, 0.29) is 18.4 Å². The first-order valence-corrected chi connectivity index (χ1v) is 11.4. The van der Waals surface area contributed by atoms with Crippen LogP contribution in [0.15, 0.2) is 60.9 Å². The molecule has 1 amide bonds. The van der Waals surface area contributed by atoms with E-state index in [1.165, 1.54) is 12.1 Å². The molecule has 1 atom stereocenters. The zero-order chi connectivity index (χ0) is 23.7. The van der Waals surface area contributed by atoms with Crippen molar-refractivity contribution in [3.05, 3.63) is 83.1 Å². The first-order valence-electron chi connectivity index (χ1n) is 11.0. The number of hydrogen-bond acceptors (Lipinski definition) is 4. The third-order valence-electron chi connectivity index (χ3n) is 5.97. The molecule has 9 heteroatoms. The van der Waals surface area contributed by atoms with Crippen LogP contribution < -0.4 is 10.2 Å². The van der Waals surface area contributed by atoms with E-state index in [1.54, 1.807) is 16.9 Å². The highest BCUT2D eigenvalue weighted by Gasteiger charge is 2.28. The molecule has 1 aliphatic heterocycles. The van der Waals surface area contributed by atoms with E-state index >= 15 is 0 Å². The van der Waals surface area contributed by atoms with Gasteiger partial charge in [0.1, 0.15) is 17.2 Å². The van der Waals surface area contributed by atoms with Crippen molar-refractivity contribution in [1.29, 1.82) is 0 Å². The Labute approximate surface area is 200 Å². The number of carbonyl (C=O) groups is 1. The van der Waals surface area contributed by atoms with Crippen molar-refractivity contribution in [2.45, 2.75) is 19.4 Å². The van der Waals surface area contributed by atoms with Crippen molar-refractivity contribution in [2.24, 2.45) is 5.92 Å². The fourth-order valence-corrected chi connectivity index (χ4v) is 4.56. The lowest BCUT2D eigenvalue weighted by Gasteiger charge is -2.33. The van der Waals surface area contributed by atoms with Crippen LogP contribution in [0, 0.1) is 17.6 Å². The van der Waals surface area contributed by atoms with E-state index in [0.29, 0.717) is 17.1 Å². The number of piperidine rings is 1. The molecular formula is C25H22ClF2N5O. The van der Waals surface area contributed by atoms with E-state index in [0.717, 1.165) is 48.0 Å². The van der Waals surface area contributed by atoms with Crippen LogP contribution in [0.25, 0.3) is 16.8 Å². The Balaban J connectivity index is 1.33. The number of fused-ring (bicyclic) bond motifs is 1. The SMILES string of the molecule is O=C(NCc1cc(F)cc(F)c1)[C@@H]1CCCN(c2nccn3nc(-c4cccc(Cl)c4)cc23)C1. The molecule has 174 valence electrons. The third kappa shape index (κ3) is 4.72. The van der Waals surface area contributed by atoms with Gasteiger partial charge in [-0.15, -0.1) is 0 Å². The van der Waals surface area contributed by atoms with E-state index in [4.69, 9.17) is 11.6 Å². The summed E-state index contributed by atoms with van der Waals surface area (Å²) in [6.07, 6.45) is 5.04. The maximum absolute atomic E-state index is 13.4. The van der Waals surface area contributed by atoms with E-state index in [2.05, 4.69) is 20.3 Å². The molecule has 0 unspecified atom stereocenters. The predicted octanol–water partition coefficient (Wildman–Crippen LogP) is 4.86. The number of nitrogens with zero attached hydrogens (tertiary/aromatic N) is 4. The Hall–Kier alpha value is -3.52. The molecule has 2 aromatic carbocycles. The lowest BCUT2D eigenvalue weighted by molar-refractivity contribution is -0.125. The van der Waals surface area contributed by atoms with E-state index < -0.39 is 11.6 Å². The molecule has 0 radical (unpaired) electrons. The number of carbonyl (C=O) groups excluding carboxylic acids is 1. The molecular weight excluding hydrogens is 460 g/mol. The number of amides is 1. The number of benzene rings is 2. The zero-order valence-electron chi connectivity index (χ0n) is 18.2. The summed E-state index contributed by atoms with van der Waals surface area (Å²) in [5, 5.41) is 8.11. The van der Waals surface area contributed by atoms with Crippen LogP contribution in [0.5, 0.6) is 0 Å². The highest BCUT2D eigenvalue weighted by Crippen LogP contribution is 2.29. The maximum atomic E-state index is 13.4. The Kier molecular flexibility index (Phi) is 6.15. The Morgan fingerprint density at radius 3 is 2.76 bits per heavy atom. The second-order valence-corrected chi connectivity index (χ2v) is 8.84. The third-order valence-corrected chi connectivity index (χ3v) is 6.21. The summed E-state index contributed by atoms with van der Waals surface area (Å²) >= 11 is 6.14. The molecule has 34 heavy (non-hydrogen) atoms. The molecule has 0 spiro atoms. The lowest BCUT2D eigenvalue weighted by atomic mass is 9.97. The largest absolute Gasteiger partial charge is 0.354 e. The van der Waals surface area contributed by atoms with Crippen LogP contribution in [0.2, 0.25) is 5.02 Å². The first kappa shape index (κ1) is 22.3. The molecule has 0 saturated carbocycles. The topological polar surface area (TPSA) is 62.5 Å². The molecule has 3 heterocycles. The molecule has 1 N–H and O–H groups in total. The van der Waals surface area contributed by atoms with Gasteiger partial charge < -0.3 is 10.2 Å². The highest BCUT2D eigenvalue weighted by atomic mass is 35.5. The van der Waals surface area contributed by atoms with Crippen LogP contribution in [-0.4, -0.2) is 33.6 Å². The quantitative estimate of drug-likeness (QED) is 0.442. The monoisotopic (exact) mass is 481 g/mol. The van der Waals surface area contributed by atoms with Gasteiger partial charge in [-0.3, -0.25) is 4.79 Å². The second-order valence-electron chi connectivity index (χ2n) is 8.40. The van der Waals surface area contributed by atoms with Crippen LogP contribution in [0.3, 0.4) is 0 Å². The Morgan fingerprint density at radius 2 is 1.97 bits per heavy atom. The highest BCUT2D eigenvalue weighted by molar-refractivity contribution is 6.30. The standard InChI is InChI=1S/C25H22ClF2N5O/c26-19-5-1-3-17(11-19)22-13-23-24(29-6-8-33(23)31-22)32-7-2-4-18(15-32)25(34)30-14-16-9-20(27)12-21(28)10-16/h1,3,5-6,8-13,18H,2,4,7,14-15H2,(H,30,34)/t18-/m1/s1. The number of hydrogen-bond donors (Lipinski definition) is 1. The number of nitrogens with one attached hydrogen (secondary N) is 1. The molecule has 1 aliphatic rings. The summed E-state index contributed by atoms with van der Waals surface area (Å²) < 4.78 is 28.6. The normalized spacial score (nSPS) is 16.1. The van der Waals surface area contributed by atoms with Gasteiger partial charge in [-0.25, -0.2) is 18.3 Å². The van der Waals surface area contributed by atoms with Gasteiger partial charge in [-0.05, 0) is 48.7 Å². The van der Waals surface area contributed by atoms with Crippen molar-refractivity contribution in [3.63, 3.8) is 0 Å². The summed E-state index contributed by atoms with van der Waals surface area (Å²) in [6.45, 7) is 1.33.